The molecule has 2 aromatic carbocycles. The number of carbonyl (C=O) groups is 3. The second-order valence-electron chi connectivity index (χ2n) is 10.3. The van der Waals surface area contributed by atoms with Gasteiger partial charge in [0.15, 0.2) is 0 Å². The molecule has 2 aromatic rings. The summed E-state index contributed by atoms with van der Waals surface area (Å²) >= 11 is 0. The Morgan fingerprint density at radius 3 is 2.20 bits per heavy atom. The van der Waals surface area contributed by atoms with E-state index in [1.807, 2.05) is 36.4 Å². The van der Waals surface area contributed by atoms with Gasteiger partial charge in [0.2, 0.25) is 5.91 Å². The molecule has 2 aliphatic carbocycles. The number of ether oxygens (including phenoxy) is 1. The molecule has 0 bridgehead atoms. The standard InChI is InChI=1S/C28H32N2O5/c1-28(2,3)24(26(32)33)30-25(31)17-9-8-10-18(15-17)29-27(34)35-16-23-21-13-6-4-11-19(21)20-12-5-7-14-22(20)23/h4-8,10-14,17-18,23-24H,9,15-16H2,1-3H3,(H,29,34)(H,30,31)(H,32,33)/t17?,18?,24-/m1/s1. The van der Waals surface area contributed by atoms with Gasteiger partial charge in [-0.2, -0.15) is 0 Å². The largest absolute Gasteiger partial charge is 0.480 e. The molecule has 0 saturated carbocycles. The van der Waals surface area contributed by atoms with Gasteiger partial charge in [-0.25, -0.2) is 9.59 Å². The number of benzene rings is 2. The first-order chi connectivity index (χ1) is 16.6. The molecule has 35 heavy (non-hydrogen) atoms. The van der Waals surface area contributed by atoms with Crippen LogP contribution in [0.15, 0.2) is 60.7 Å². The van der Waals surface area contributed by atoms with Crippen LogP contribution in [0.1, 0.15) is 50.7 Å². The highest BCUT2D eigenvalue weighted by molar-refractivity contribution is 5.86. The Labute approximate surface area is 205 Å². The van der Waals surface area contributed by atoms with Gasteiger partial charge in [-0.3, -0.25) is 4.79 Å². The van der Waals surface area contributed by atoms with Crippen LogP contribution in [-0.4, -0.2) is 41.8 Å². The lowest BCUT2D eigenvalue weighted by atomic mass is 9.85. The van der Waals surface area contributed by atoms with Gasteiger partial charge in [-0.1, -0.05) is 81.5 Å². The molecule has 3 atom stereocenters. The Bertz CT molecular complexity index is 1100. The van der Waals surface area contributed by atoms with E-state index in [1.165, 1.54) is 0 Å². The third-order valence-corrected chi connectivity index (χ3v) is 6.74. The van der Waals surface area contributed by atoms with Crippen molar-refractivity contribution in [3.05, 3.63) is 71.8 Å². The van der Waals surface area contributed by atoms with Crippen molar-refractivity contribution in [2.45, 2.75) is 51.6 Å². The molecule has 2 aliphatic rings. The number of nitrogens with one attached hydrogen (secondary N) is 2. The first kappa shape index (κ1) is 24.5. The predicted molar refractivity (Wildman–Crippen MR) is 133 cm³/mol. The SMILES string of the molecule is CC(C)(C)[C@H](NC(=O)C1CC=CC(NC(=O)OCC2c3ccccc3-c3ccccc32)C1)C(=O)O. The van der Waals surface area contributed by atoms with Crippen molar-refractivity contribution in [1.82, 2.24) is 10.6 Å². The van der Waals surface area contributed by atoms with E-state index in [1.54, 1.807) is 20.8 Å². The topological polar surface area (TPSA) is 105 Å². The minimum absolute atomic E-state index is 0.0288. The molecule has 7 heteroatoms. The van der Waals surface area contributed by atoms with Crippen molar-refractivity contribution in [2.24, 2.45) is 11.3 Å². The summed E-state index contributed by atoms with van der Waals surface area (Å²) < 4.78 is 5.62. The second kappa shape index (κ2) is 9.94. The van der Waals surface area contributed by atoms with Gasteiger partial charge in [0.05, 0.1) is 6.04 Å². The van der Waals surface area contributed by atoms with Crippen LogP contribution in [0.5, 0.6) is 0 Å². The molecule has 3 N–H and O–H groups in total. The van der Waals surface area contributed by atoms with Gasteiger partial charge in [-0.15, -0.1) is 0 Å². The molecule has 0 heterocycles. The summed E-state index contributed by atoms with van der Waals surface area (Å²) in [5.74, 6) is -1.84. The summed E-state index contributed by atoms with van der Waals surface area (Å²) in [6.07, 6.45) is 4.02. The highest BCUT2D eigenvalue weighted by atomic mass is 16.5. The summed E-state index contributed by atoms with van der Waals surface area (Å²) in [4.78, 5) is 37.0. The normalized spacial score (nSPS) is 19.9. The predicted octanol–water partition coefficient (Wildman–Crippen LogP) is 4.48. The van der Waals surface area contributed by atoms with E-state index in [0.717, 1.165) is 22.3 Å². The van der Waals surface area contributed by atoms with Gasteiger partial charge in [-0.05, 0) is 40.5 Å². The third kappa shape index (κ3) is 5.39. The van der Waals surface area contributed by atoms with Gasteiger partial charge >= 0.3 is 12.1 Å². The van der Waals surface area contributed by atoms with Gasteiger partial charge < -0.3 is 20.5 Å². The number of hydrogen-bond donors (Lipinski definition) is 3. The molecular weight excluding hydrogens is 444 g/mol. The van der Waals surface area contributed by atoms with Gasteiger partial charge in [0, 0.05) is 11.8 Å². The molecular formula is C28H32N2O5. The van der Waals surface area contributed by atoms with E-state index < -0.39 is 29.4 Å². The van der Waals surface area contributed by atoms with Crippen molar-refractivity contribution < 1.29 is 24.2 Å². The number of carboxylic acid groups (broad SMARTS) is 1. The van der Waals surface area contributed by atoms with Crippen LogP contribution in [0.4, 0.5) is 4.79 Å². The number of rotatable bonds is 6. The number of fused-ring (bicyclic) bond motifs is 3. The quantitative estimate of drug-likeness (QED) is 0.534. The summed E-state index contributed by atoms with van der Waals surface area (Å²) in [7, 11) is 0. The number of carbonyl (C=O) groups excluding carboxylic acids is 2. The maximum absolute atomic E-state index is 12.8. The molecule has 7 nitrogen and oxygen atoms in total. The molecule has 0 aliphatic heterocycles. The van der Waals surface area contributed by atoms with Crippen LogP contribution in [0.3, 0.4) is 0 Å². The Kier molecular flexibility index (Phi) is 6.96. The summed E-state index contributed by atoms with van der Waals surface area (Å²) in [6.45, 7) is 5.53. The molecule has 184 valence electrons. The Morgan fingerprint density at radius 1 is 1.03 bits per heavy atom. The summed E-state index contributed by atoms with van der Waals surface area (Å²) in [5.41, 5.74) is 3.99. The van der Waals surface area contributed by atoms with E-state index in [9.17, 15) is 19.5 Å². The highest BCUT2D eigenvalue weighted by Gasteiger charge is 2.35. The molecule has 0 saturated heterocycles. The van der Waals surface area contributed by atoms with Gasteiger partial charge in [0.1, 0.15) is 12.6 Å². The van der Waals surface area contributed by atoms with Gasteiger partial charge in [0.25, 0.3) is 0 Å². The zero-order chi connectivity index (χ0) is 25.2. The van der Waals surface area contributed by atoms with Crippen LogP contribution in [0, 0.1) is 11.3 Å². The van der Waals surface area contributed by atoms with Crippen LogP contribution < -0.4 is 10.6 Å². The number of carboxylic acids is 1. The molecule has 4 rings (SSSR count). The lowest BCUT2D eigenvalue weighted by Crippen LogP contribution is -2.51. The smallest absolute Gasteiger partial charge is 0.407 e. The van der Waals surface area contributed by atoms with Crippen molar-refractivity contribution >= 4 is 18.0 Å². The molecule has 2 unspecified atom stereocenters. The van der Waals surface area contributed by atoms with Crippen LogP contribution in [0.25, 0.3) is 11.1 Å². The summed E-state index contributed by atoms with van der Waals surface area (Å²) in [6, 6.07) is 14.9. The minimum atomic E-state index is -1.06. The lowest BCUT2D eigenvalue weighted by Gasteiger charge is -2.31. The van der Waals surface area contributed by atoms with Crippen molar-refractivity contribution in [3.63, 3.8) is 0 Å². The summed E-state index contributed by atoms with van der Waals surface area (Å²) in [5, 5.41) is 15.0. The Hall–Kier alpha value is -3.61. The average Bonchev–Trinajstić information content (AvgIpc) is 3.14. The second-order valence-corrected chi connectivity index (χ2v) is 10.3. The average molecular weight is 477 g/mol. The fourth-order valence-electron chi connectivity index (χ4n) is 4.91. The zero-order valence-electron chi connectivity index (χ0n) is 20.3. The Balaban J connectivity index is 1.34. The van der Waals surface area contributed by atoms with E-state index in [-0.39, 0.29) is 24.5 Å². The van der Waals surface area contributed by atoms with Crippen LogP contribution in [0.2, 0.25) is 0 Å². The molecule has 0 aromatic heterocycles. The molecule has 2 amide bonds. The molecule has 0 radical (unpaired) electrons. The first-order valence-corrected chi connectivity index (χ1v) is 12.0. The maximum Gasteiger partial charge on any atom is 0.407 e. The van der Waals surface area contributed by atoms with Crippen molar-refractivity contribution in [3.8, 4) is 11.1 Å². The number of aliphatic carboxylic acids is 1. The Morgan fingerprint density at radius 2 is 1.63 bits per heavy atom. The monoisotopic (exact) mass is 476 g/mol. The van der Waals surface area contributed by atoms with Crippen molar-refractivity contribution in [1.29, 1.82) is 0 Å². The highest BCUT2D eigenvalue weighted by Crippen LogP contribution is 2.44. The number of alkyl carbamates (subject to hydrolysis) is 1. The first-order valence-electron chi connectivity index (χ1n) is 12.0. The lowest BCUT2D eigenvalue weighted by molar-refractivity contribution is -0.145. The van der Waals surface area contributed by atoms with Crippen LogP contribution in [-0.2, 0) is 14.3 Å². The maximum atomic E-state index is 12.8. The van der Waals surface area contributed by atoms with Crippen molar-refractivity contribution in [2.75, 3.05) is 6.61 Å². The van der Waals surface area contributed by atoms with Crippen LogP contribution >= 0.6 is 0 Å². The minimum Gasteiger partial charge on any atom is -0.480 e. The molecule has 0 fully saturated rings. The fraction of sp³-hybridized carbons (Fsp3) is 0.393. The number of hydrogen-bond acceptors (Lipinski definition) is 4. The zero-order valence-corrected chi connectivity index (χ0v) is 20.3. The fourth-order valence-corrected chi connectivity index (χ4v) is 4.91. The van der Waals surface area contributed by atoms with E-state index >= 15 is 0 Å². The molecule has 0 spiro atoms. The van der Waals surface area contributed by atoms with E-state index in [4.69, 9.17) is 4.74 Å². The van der Waals surface area contributed by atoms with E-state index in [0.29, 0.717) is 12.8 Å². The third-order valence-electron chi connectivity index (χ3n) is 6.74. The number of allylic oxidation sites excluding steroid dienone is 1. The number of amides is 2. The van der Waals surface area contributed by atoms with E-state index in [2.05, 4.69) is 34.9 Å².